The van der Waals surface area contributed by atoms with Crippen LogP contribution in [0.3, 0.4) is 0 Å². The molecule has 3 aromatic rings. The number of carbonyl (C=O) groups is 1. The maximum absolute atomic E-state index is 13.6. The minimum Gasteiger partial charge on any atom is -0.475 e. The Labute approximate surface area is 209 Å². The highest BCUT2D eigenvalue weighted by molar-refractivity contribution is 5.75. The number of ether oxygens (including phenoxy) is 2. The highest BCUT2D eigenvalue weighted by atomic mass is 19.4. The van der Waals surface area contributed by atoms with Gasteiger partial charge in [-0.05, 0) is 72.5 Å². The summed E-state index contributed by atoms with van der Waals surface area (Å²) in [6, 6.07) is 7.45. The molecule has 2 aliphatic rings. The van der Waals surface area contributed by atoms with Crippen LogP contribution in [-0.2, 0) is 15.7 Å². The lowest BCUT2D eigenvalue weighted by atomic mass is 9.80. The number of pyridine rings is 1. The van der Waals surface area contributed by atoms with E-state index in [1.807, 2.05) is 6.08 Å². The van der Waals surface area contributed by atoms with Crippen molar-refractivity contribution in [1.29, 1.82) is 0 Å². The van der Waals surface area contributed by atoms with Crippen molar-refractivity contribution >= 4 is 11.9 Å². The summed E-state index contributed by atoms with van der Waals surface area (Å²) in [6.07, 6.45) is 0.0753. The molecule has 0 N–H and O–H groups in total. The van der Waals surface area contributed by atoms with Gasteiger partial charge in [-0.2, -0.15) is 17.9 Å². The highest BCUT2D eigenvalue weighted by Crippen LogP contribution is 2.53. The Balaban J connectivity index is 1.60. The molecule has 0 radical (unpaired) electrons. The van der Waals surface area contributed by atoms with Gasteiger partial charge in [-0.1, -0.05) is 12.1 Å². The fourth-order valence-corrected chi connectivity index (χ4v) is 5.13. The maximum atomic E-state index is 13.6. The van der Waals surface area contributed by atoms with Crippen molar-refractivity contribution in [3.63, 3.8) is 0 Å². The van der Waals surface area contributed by atoms with Gasteiger partial charge in [-0.25, -0.2) is 9.37 Å². The van der Waals surface area contributed by atoms with E-state index in [4.69, 9.17) is 9.47 Å². The van der Waals surface area contributed by atoms with Crippen molar-refractivity contribution in [1.82, 2.24) is 25.2 Å². The smallest absolute Gasteiger partial charge is 0.453 e. The van der Waals surface area contributed by atoms with E-state index in [0.717, 1.165) is 11.8 Å². The van der Waals surface area contributed by atoms with E-state index in [1.165, 1.54) is 24.4 Å². The molecule has 0 saturated heterocycles. The van der Waals surface area contributed by atoms with Gasteiger partial charge in [0.1, 0.15) is 12.1 Å². The Morgan fingerprint density at radius 2 is 2.00 bits per heavy atom. The standard InChI is InChI=1S/C25H23F4N5O3/c1-14(2)37-22-20(9-19(11-30-22)34-23(25(27,28)29)31-32-33-34)17-10-24(36-13-17)8-7-16(12-35)21(24)15-3-5-18(26)6-4-15/h3-6,9-12,14,16,21H,7-8,13H2,1-2H3. The van der Waals surface area contributed by atoms with Crippen LogP contribution in [-0.4, -0.2) is 49.8 Å². The fourth-order valence-electron chi connectivity index (χ4n) is 5.13. The third kappa shape index (κ3) is 4.61. The molecule has 1 aliphatic carbocycles. The summed E-state index contributed by atoms with van der Waals surface area (Å²) in [5.41, 5.74) is 0.986. The van der Waals surface area contributed by atoms with E-state index in [-0.39, 0.29) is 41.9 Å². The number of alkyl halides is 3. The number of rotatable bonds is 6. The van der Waals surface area contributed by atoms with Gasteiger partial charge in [-0.3, -0.25) is 0 Å². The molecule has 1 aliphatic heterocycles. The second-order valence-electron chi connectivity index (χ2n) is 9.41. The summed E-state index contributed by atoms with van der Waals surface area (Å²) in [4.78, 5) is 16.2. The average molecular weight is 517 g/mol. The topological polar surface area (TPSA) is 92.0 Å². The first-order valence-corrected chi connectivity index (χ1v) is 11.7. The Morgan fingerprint density at radius 3 is 2.68 bits per heavy atom. The quantitative estimate of drug-likeness (QED) is 0.350. The molecule has 3 atom stereocenters. The van der Waals surface area contributed by atoms with Crippen LogP contribution in [0.2, 0.25) is 0 Å². The number of hydrogen-bond acceptors (Lipinski definition) is 7. The van der Waals surface area contributed by atoms with Gasteiger partial charge in [0.05, 0.1) is 30.2 Å². The number of nitrogens with zero attached hydrogens (tertiary/aromatic N) is 5. The fraction of sp³-hybridized carbons (Fsp3) is 0.400. The van der Waals surface area contributed by atoms with Crippen LogP contribution >= 0.6 is 0 Å². The SMILES string of the molecule is CC(C)Oc1ncc(-n2nnnc2C(F)(F)F)cc1C1=CC2(CCC(C=O)C2c2ccc(F)cc2)OC1. The van der Waals surface area contributed by atoms with E-state index >= 15 is 0 Å². The zero-order valence-electron chi connectivity index (χ0n) is 19.9. The van der Waals surface area contributed by atoms with Gasteiger partial charge in [0, 0.05) is 17.4 Å². The lowest BCUT2D eigenvalue weighted by Gasteiger charge is -2.31. The first-order chi connectivity index (χ1) is 17.6. The van der Waals surface area contributed by atoms with Crippen molar-refractivity contribution in [2.24, 2.45) is 5.92 Å². The van der Waals surface area contributed by atoms with Crippen LogP contribution in [0.25, 0.3) is 11.3 Å². The summed E-state index contributed by atoms with van der Waals surface area (Å²) in [7, 11) is 0. The number of benzene rings is 1. The molecular formula is C25H23F4N5O3. The molecule has 8 nitrogen and oxygen atoms in total. The van der Waals surface area contributed by atoms with Gasteiger partial charge in [0.15, 0.2) is 0 Å². The molecule has 1 fully saturated rings. The number of halogens is 4. The van der Waals surface area contributed by atoms with Crippen molar-refractivity contribution < 1.29 is 31.8 Å². The van der Waals surface area contributed by atoms with Crippen LogP contribution in [0.15, 0.2) is 42.6 Å². The van der Waals surface area contributed by atoms with Gasteiger partial charge >= 0.3 is 6.18 Å². The predicted octanol–water partition coefficient (Wildman–Crippen LogP) is 4.55. The summed E-state index contributed by atoms with van der Waals surface area (Å²) < 4.78 is 66.6. The first-order valence-electron chi connectivity index (χ1n) is 11.7. The van der Waals surface area contributed by atoms with Crippen LogP contribution in [0, 0.1) is 11.7 Å². The second-order valence-corrected chi connectivity index (χ2v) is 9.41. The number of carbonyl (C=O) groups excluding carboxylic acids is 1. The van der Waals surface area contributed by atoms with E-state index in [0.29, 0.717) is 28.7 Å². The average Bonchev–Trinajstić information content (AvgIpc) is 3.59. The highest BCUT2D eigenvalue weighted by Gasteiger charge is 2.51. The zero-order valence-corrected chi connectivity index (χ0v) is 19.9. The maximum Gasteiger partial charge on any atom is 0.453 e. The molecule has 2 aromatic heterocycles. The van der Waals surface area contributed by atoms with Crippen molar-refractivity contribution in [3.05, 3.63) is 65.4 Å². The van der Waals surface area contributed by atoms with Crippen LogP contribution in [0.5, 0.6) is 5.88 Å². The minimum absolute atomic E-state index is 0.00226. The molecule has 1 spiro atoms. The normalized spacial score (nSPS) is 23.6. The Kier molecular flexibility index (Phi) is 6.30. The molecule has 0 amide bonds. The zero-order chi connectivity index (χ0) is 26.4. The summed E-state index contributed by atoms with van der Waals surface area (Å²) in [5.74, 6) is -2.15. The van der Waals surface area contributed by atoms with Crippen LogP contribution in [0.4, 0.5) is 17.6 Å². The van der Waals surface area contributed by atoms with Gasteiger partial charge in [-0.15, -0.1) is 5.10 Å². The monoisotopic (exact) mass is 517 g/mol. The molecule has 5 rings (SSSR count). The molecule has 3 unspecified atom stereocenters. The summed E-state index contributed by atoms with van der Waals surface area (Å²) in [5, 5.41) is 9.78. The second kappa shape index (κ2) is 9.33. The molecule has 194 valence electrons. The minimum atomic E-state index is -4.77. The largest absolute Gasteiger partial charge is 0.475 e. The Bertz CT molecular complexity index is 1340. The van der Waals surface area contributed by atoms with Crippen molar-refractivity contribution in [2.75, 3.05) is 6.61 Å². The molecular weight excluding hydrogens is 494 g/mol. The Morgan fingerprint density at radius 1 is 1.24 bits per heavy atom. The molecule has 37 heavy (non-hydrogen) atoms. The molecule has 1 aromatic carbocycles. The summed E-state index contributed by atoms with van der Waals surface area (Å²) in [6.45, 7) is 3.73. The van der Waals surface area contributed by atoms with Crippen molar-refractivity contribution in [3.8, 4) is 11.6 Å². The lowest BCUT2D eigenvalue weighted by molar-refractivity contribution is -0.146. The van der Waals surface area contributed by atoms with Crippen molar-refractivity contribution in [2.45, 2.75) is 50.5 Å². The van der Waals surface area contributed by atoms with E-state index < -0.39 is 17.6 Å². The Hall–Kier alpha value is -3.67. The molecule has 12 heteroatoms. The molecule has 0 bridgehead atoms. The number of aldehydes is 1. The van der Waals surface area contributed by atoms with E-state index in [1.54, 1.807) is 26.0 Å². The third-order valence-corrected chi connectivity index (χ3v) is 6.64. The first kappa shape index (κ1) is 25.0. The van der Waals surface area contributed by atoms with Gasteiger partial charge in [0.2, 0.25) is 5.88 Å². The number of aromatic nitrogens is 5. The number of hydrogen-bond donors (Lipinski definition) is 0. The predicted molar refractivity (Wildman–Crippen MR) is 122 cm³/mol. The summed E-state index contributed by atoms with van der Waals surface area (Å²) >= 11 is 0. The van der Waals surface area contributed by atoms with Gasteiger partial charge < -0.3 is 14.3 Å². The van der Waals surface area contributed by atoms with Crippen LogP contribution in [0.1, 0.15) is 49.6 Å². The van der Waals surface area contributed by atoms with E-state index in [2.05, 4.69) is 20.5 Å². The lowest BCUT2D eigenvalue weighted by Crippen LogP contribution is -2.32. The third-order valence-electron chi connectivity index (χ3n) is 6.64. The molecule has 3 heterocycles. The van der Waals surface area contributed by atoms with Gasteiger partial charge in [0.25, 0.3) is 5.82 Å². The van der Waals surface area contributed by atoms with Crippen LogP contribution < -0.4 is 4.74 Å². The van der Waals surface area contributed by atoms with E-state index in [9.17, 15) is 22.4 Å². The molecule has 1 saturated carbocycles. The number of tetrazole rings is 1.